The van der Waals surface area contributed by atoms with Crippen molar-refractivity contribution in [3.63, 3.8) is 0 Å². The van der Waals surface area contributed by atoms with Gasteiger partial charge in [-0.05, 0) is 31.4 Å². The molecule has 4 heteroatoms. The van der Waals surface area contributed by atoms with Crippen LogP contribution in [0.2, 0.25) is 0 Å². The molecule has 2 atom stereocenters. The predicted octanol–water partition coefficient (Wildman–Crippen LogP) is 1.60. The van der Waals surface area contributed by atoms with Crippen LogP contribution in [0, 0.1) is 5.92 Å². The summed E-state index contributed by atoms with van der Waals surface area (Å²) in [6.07, 6.45) is 0.930. The van der Waals surface area contributed by atoms with Crippen molar-refractivity contribution in [2.45, 2.75) is 19.4 Å². The second kappa shape index (κ2) is 6.68. The fraction of sp³-hybridized carbons (Fsp3) is 0.533. The Balaban J connectivity index is 2.18. The Morgan fingerprint density at radius 2 is 2.21 bits per heavy atom. The van der Waals surface area contributed by atoms with E-state index in [0.717, 1.165) is 25.1 Å². The number of ether oxygens (including phenoxy) is 1. The maximum absolute atomic E-state index is 12.2. The van der Waals surface area contributed by atoms with Crippen molar-refractivity contribution >= 4 is 5.97 Å². The van der Waals surface area contributed by atoms with Gasteiger partial charge in [0.25, 0.3) is 0 Å². The first-order valence-electron chi connectivity index (χ1n) is 6.82. The van der Waals surface area contributed by atoms with E-state index in [1.807, 2.05) is 37.3 Å². The molecule has 1 N–H and O–H groups in total. The van der Waals surface area contributed by atoms with Crippen molar-refractivity contribution in [3.8, 4) is 0 Å². The summed E-state index contributed by atoms with van der Waals surface area (Å²) in [5.74, 6) is 0.0629. The lowest BCUT2D eigenvalue weighted by Crippen LogP contribution is -2.34. The van der Waals surface area contributed by atoms with Crippen LogP contribution in [0.3, 0.4) is 0 Å². The molecule has 1 aromatic carbocycles. The van der Waals surface area contributed by atoms with Gasteiger partial charge in [0.05, 0.1) is 6.61 Å². The minimum atomic E-state index is -0.349. The molecule has 2 unspecified atom stereocenters. The fourth-order valence-electron chi connectivity index (χ4n) is 2.60. The van der Waals surface area contributed by atoms with Gasteiger partial charge in [0.15, 0.2) is 0 Å². The average molecular weight is 263 g/mol. The number of likely N-dealkylation sites (tertiary alicyclic amines) is 1. The molecule has 0 saturated carbocycles. The van der Waals surface area contributed by atoms with Crippen LogP contribution in [-0.4, -0.2) is 42.3 Å². The standard InChI is InChI=1S/C15H21NO3/c1-2-19-15(18)14(13-6-4-3-5-7-13)16-9-8-12(10-16)11-17/h3-7,12,14,17H,2,8-11H2,1H3. The van der Waals surface area contributed by atoms with Crippen molar-refractivity contribution in [2.24, 2.45) is 5.92 Å². The van der Waals surface area contributed by atoms with Gasteiger partial charge in [-0.25, -0.2) is 4.79 Å². The van der Waals surface area contributed by atoms with Gasteiger partial charge in [-0.15, -0.1) is 0 Å². The van der Waals surface area contributed by atoms with Gasteiger partial charge in [-0.3, -0.25) is 4.90 Å². The highest BCUT2D eigenvalue weighted by atomic mass is 16.5. The lowest BCUT2D eigenvalue weighted by atomic mass is 10.1. The normalized spacial score (nSPS) is 21.3. The van der Waals surface area contributed by atoms with E-state index >= 15 is 0 Å². The molecule has 0 amide bonds. The van der Waals surface area contributed by atoms with Crippen molar-refractivity contribution in [2.75, 3.05) is 26.3 Å². The number of carbonyl (C=O) groups excluding carboxylic acids is 1. The summed E-state index contributed by atoms with van der Waals surface area (Å²) in [5.41, 5.74) is 0.958. The molecule has 0 aromatic heterocycles. The maximum Gasteiger partial charge on any atom is 0.327 e. The van der Waals surface area contributed by atoms with Crippen LogP contribution in [0.1, 0.15) is 24.9 Å². The first-order valence-corrected chi connectivity index (χ1v) is 6.82. The molecule has 0 spiro atoms. The highest BCUT2D eigenvalue weighted by molar-refractivity contribution is 5.77. The van der Waals surface area contributed by atoms with E-state index in [1.165, 1.54) is 0 Å². The van der Waals surface area contributed by atoms with Gasteiger partial charge >= 0.3 is 5.97 Å². The third kappa shape index (κ3) is 3.33. The van der Waals surface area contributed by atoms with Crippen molar-refractivity contribution in [1.82, 2.24) is 4.90 Å². The molecule has 1 aliphatic rings. The lowest BCUT2D eigenvalue weighted by molar-refractivity contribution is -0.149. The van der Waals surface area contributed by atoms with Gasteiger partial charge in [0.2, 0.25) is 0 Å². The van der Waals surface area contributed by atoms with Crippen LogP contribution in [0.25, 0.3) is 0 Å². The number of hydrogen-bond acceptors (Lipinski definition) is 4. The molecule has 4 nitrogen and oxygen atoms in total. The smallest absolute Gasteiger partial charge is 0.327 e. The van der Waals surface area contributed by atoms with E-state index in [2.05, 4.69) is 4.90 Å². The number of hydrogen-bond donors (Lipinski definition) is 1. The van der Waals surface area contributed by atoms with E-state index in [-0.39, 0.29) is 24.5 Å². The summed E-state index contributed by atoms with van der Waals surface area (Å²) in [6.45, 7) is 3.96. The Bertz CT molecular complexity index is 407. The maximum atomic E-state index is 12.2. The summed E-state index contributed by atoms with van der Waals surface area (Å²) in [4.78, 5) is 14.3. The zero-order valence-corrected chi connectivity index (χ0v) is 11.3. The first-order chi connectivity index (χ1) is 9.26. The zero-order valence-electron chi connectivity index (χ0n) is 11.3. The molecule has 1 aromatic rings. The SMILES string of the molecule is CCOC(=O)C(c1ccccc1)N1CCC(CO)C1. The van der Waals surface area contributed by atoms with Gasteiger partial charge in [0.1, 0.15) is 6.04 Å². The quantitative estimate of drug-likeness (QED) is 0.820. The molecule has 1 saturated heterocycles. The molecular formula is C15H21NO3. The molecule has 0 radical (unpaired) electrons. The summed E-state index contributed by atoms with van der Waals surface area (Å²) in [5, 5.41) is 9.24. The van der Waals surface area contributed by atoms with Gasteiger partial charge in [0, 0.05) is 13.2 Å². The average Bonchev–Trinajstić information content (AvgIpc) is 2.89. The monoisotopic (exact) mass is 263 g/mol. The van der Waals surface area contributed by atoms with E-state index in [9.17, 15) is 9.90 Å². The van der Waals surface area contributed by atoms with Crippen LogP contribution in [0.4, 0.5) is 0 Å². The number of aliphatic hydroxyl groups excluding tert-OH is 1. The van der Waals surface area contributed by atoms with Crippen LogP contribution in [0.5, 0.6) is 0 Å². The molecule has 104 valence electrons. The Morgan fingerprint density at radius 3 is 2.79 bits per heavy atom. The van der Waals surface area contributed by atoms with Gasteiger partial charge in [-0.2, -0.15) is 0 Å². The summed E-state index contributed by atoms with van der Waals surface area (Å²) < 4.78 is 5.20. The molecule has 1 fully saturated rings. The number of rotatable bonds is 5. The van der Waals surface area contributed by atoms with Crippen molar-refractivity contribution < 1.29 is 14.6 Å². The third-order valence-corrected chi connectivity index (χ3v) is 3.57. The Kier molecular flexibility index (Phi) is 4.93. The van der Waals surface area contributed by atoms with Gasteiger partial charge in [-0.1, -0.05) is 30.3 Å². The molecule has 0 aliphatic carbocycles. The Labute approximate surface area is 114 Å². The van der Waals surface area contributed by atoms with Crippen molar-refractivity contribution in [1.29, 1.82) is 0 Å². The molecule has 1 heterocycles. The highest BCUT2D eigenvalue weighted by Gasteiger charge is 2.34. The number of carbonyl (C=O) groups is 1. The second-order valence-electron chi connectivity index (χ2n) is 4.90. The minimum Gasteiger partial charge on any atom is -0.465 e. The lowest BCUT2D eigenvalue weighted by Gasteiger charge is -2.26. The third-order valence-electron chi connectivity index (χ3n) is 3.57. The predicted molar refractivity (Wildman–Crippen MR) is 72.6 cm³/mol. The summed E-state index contributed by atoms with van der Waals surface area (Å²) in [6, 6.07) is 9.36. The fourth-order valence-corrected chi connectivity index (χ4v) is 2.60. The van der Waals surface area contributed by atoms with E-state index in [4.69, 9.17) is 4.74 Å². The summed E-state index contributed by atoms with van der Waals surface area (Å²) in [7, 11) is 0. The van der Waals surface area contributed by atoms with Crippen molar-refractivity contribution in [3.05, 3.63) is 35.9 Å². The first kappa shape index (κ1) is 14.0. The van der Waals surface area contributed by atoms with Gasteiger partial charge < -0.3 is 9.84 Å². The molecule has 1 aliphatic heterocycles. The van der Waals surface area contributed by atoms with Crippen LogP contribution in [-0.2, 0) is 9.53 Å². The number of esters is 1. The Hall–Kier alpha value is -1.39. The largest absolute Gasteiger partial charge is 0.465 e. The van der Waals surface area contributed by atoms with Crippen LogP contribution in [0.15, 0.2) is 30.3 Å². The molecule has 0 bridgehead atoms. The van der Waals surface area contributed by atoms with Crippen LogP contribution >= 0.6 is 0 Å². The van der Waals surface area contributed by atoms with E-state index in [0.29, 0.717) is 6.61 Å². The topological polar surface area (TPSA) is 49.8 Å². The highest BCUT2D eigenvalue weighted by Crippen LogP contribution is 2.28. The Morgan fingerprint density at radius 1 is 1.47 bits per heavy atom. The zero-order chi connectivity index (χ0) is 13.7. The summed E-state index contributed by atoms with van der Waals surface area (Å²) >= 11 is 0. The second-order valence-corrected chi connectivity index (χ2v) is 4.90. The number of nitrogens with zero attached hydrogens (tertiary/aromatic N) is 1. The number of benzene rings is 1. The molecule has 2 rings (SSSR count). The minimum absolute atomic E-state index is 0.181. The number of aliphatic hydroxyl groups is 1. The molecular weight excluding hydrogens is 242 g/mol. The van der Waals surface area contributed by atoms with E-state index < -0.39 is 0 Å². The molecule has 19 heavy (non-hydrogen) atoms. The van der Waals surface area contributed by atoms with Crippen LogP contribution < -0.4 is 0 Å². The van der Waals surface area contributed by atoms with E-state index in [1.54, 1.807) is 0 Å².